The van der Waals surface area contributed by atoms with E-state index in [4.69, 9.17) is 9.15 Å². The number of oxazole rings is 1. The lowest BCUT2D eigenvalue weighted by Gasteiger charge is -2.16. The largest absolute Gasteiger partial charge is 0.497 e. The van der Waals surface area contributed by atoms with Crippen molar-refractivity contribution in [2.24, 2.45) is 0 Å². The standard InChI is InChI=1S/C22H23N5O6S/c1-32-18-8-6-15(7-9-18)14-26-10-11-27(22(26)29)21-23-13-19(33-21)20(28)24-16-4-3-5-17(12-16)25-34(2,30)31/h3-9,12-13,25H,10-11,14H2,1-2H3,(H,24,28). The van der Waals surface area contributed by atoms with E-state index in [1.54, 1.807) is 30.2 Å². The Kier molecular flexibility index (Phi) is 6.41. The number of nitrogens with zero attached hydrogens (tertiary/aromatic N) is 3. The Hall–Kier alpha value is -4.06. The molecule has 11 nitrogen and oxygen atoms in total. The summed E-state index contributed by atoms with van der Waals surface area (Å²) in [7, 11) is -1.86. The van der Waals surface area contributed by atoms with E-state index in [1.165, 1.54) is 17.2 Å². The van der Waals surface area contributed by atoms with Crippen molar-refractivity contribution in [3.63, 3.8) is 0 Å². The molecule has 1 aliphatic heterocycles. The molecule has 2 N–H and O–H groups in total. The van der Waals surface area contributed by atoms with Crippen LogP contribution in [0.4, 0.5) is 22.2 Å². The average molecular weight is 486 g/mol. The summed E-state index contributed by atoms with van der Waals surface area (Å²) in [5.41, 5.74) is 1.62. The van der Waals surface area contributed by atoms with Crippen LogP contribution in [0, 0.1) is 0 Å². The highest BCUT2D eigenvalue weighted by Crippen LogP contribution is 2.23. The van der Waals surface area contributed by atoms with Gasteiger partial charge in [-0.15, -0.1) is 0 Å². The zero-order chi connectivity index (χ0) is 24.3. The molecule has 0 bridgehead atoms. The number of carbonyl (C=O) groups is 2. The number of urea groups is 1. The van der Waals surface area contributed by atoms with Crippen molar-refractivity contribution < 1.29 is 27.2 Å². The van der Waals surface area contributed by atoms with E-state index in [9.17, 15) is 18.0 Å². The number of benzene rings is 2. The van der Waals surface area contributed by atoms with Crippen LogP contribution in [0.15, 0.2) is 59.1 Å². The minimum atomic E-state index is -3.45. The maximum atomic E-state index is 12.8. The van der Waals surface area contributed by atoms with Gasteiger partial charge in [0.25, 0.3) is 5.91 Å². The van der Waals surface area contributed by atoms with Gasteiger partial charge in [0.15, 0.2) is 0 Å². The molecule has 1 aliphatic rings. The molecule has 178 valence electrons. The van der Waals surface area contributed by atoms with Crippen LogP contribution >= 0.6 is 0 Å². The Balaban J connectivity index is 1.39. The van der Waals surface area contributed by atoms with Gasteiger partial charge in [0.05, 0.1) is 25.2 Å². The molecule has 2 heterocycles. The molecule has 0 radical (unpaired) electrons. The molecule has 0 aliphatic carbocycles. The molecule has 0 atom stereocenters. The zero-order valence-corrected chi connectivity index (χ0v) is 19.3. The molecule has 0 saturated carbocycles. The summed E-state index contributed by atoms with van der Waals surface area (Å²) in [6.45, 7) is 1.27. The van der Waals surface area contributed by atoms with E-state index in [1.807, 2.05) is 24.3 Å². The van der Waals surface area contributed by atoms with Gasteiger partial charge in [-0.1, -0.05) is 18.2 Å². The fraction of sp³-hybridized carbons (Fsp3) is 0.227. The van der Waals surface area contributed by atoms with Gasteiger partial charge in [-0.3, -0.25) is 9.52 Å². The SMILES string of the molecule is COc1ccc(CN2CCN(c3ncc(C(=O)Nc4cccc(NS(C)(=O)=O)c4)o3)C2=O)cc1. The fourth-order valence-corrected chi connectivity index (χ4v) is 3.98. The van der Waals surface area contributed by atoms with E-state index in [2.05, 4.69) is 15.0 Å². The first-order chi connectivity index (χ1) is 16.2. The maximum absolute atomic E-state index is 12.8. The molecule has 4 rings (SSSR count). The quantitative estimate of drug-likeness (QED) is 0.501. The normalized spacial score (nSPS) is 13.8. The first-order valence-electron chi connectivity index (χ1n) is 10.3. The number of nitrogens with one attached hydrogen (secondary N) is 2. The number of sulfonamides is 1. The lowest BCUT2D eigenvalue weighted by molar-refractivity contribution is 0.0997. The monoisotopic (exact) mass is 485 g/mol. The highest BCUT2D eigenvalue weighted by Gasteiger charge is 2.33. The van der Waals surface area contributed by atoms with Crippen molar-refractivity contribution in [3.8, 4) is 5.75 Å². The van der Waals surface area contributed by atoms with Crippen molar-refractivity contribution in [3.05, 3.63) is 66.1 Å². The first-order valence-corrected chi connectivity index (χ1v) is 12.2. The van der Waals surface area contributed by atoms with E-state index in [0.29, 0.717) is 31.0 Å². The Morgan fingerprint density at radius 2 is 1.88 bits per heavy atom. The fourth-order valence-electron chi connectivity index (χ4n) is 3.42. The molecule has 2 aromatic carbocycles. The van der Waals surface area contributed by atoms with Crippen LogP contribution < -0.4 is 19.7 Å². The van der Waals surface area contributed by atoms with Gasteiger partial charge in [-0.2, -0.15) is 0 Å². The van der Waals surface area contributed by atoms with Crippen LogP contribution in [0.25, 0.3) is 0 Å². The molecule has 0 spiro atoms. The van der Waals surface area contributed by atoms with Gasteiger partial charge in [-0.25, -0.2) is 23.1 Å². The third-order valence-corrected chi connectivity index (χ3v) is 5.61. The highest BCUT2D eigenvalue weighted by atomic mass is 32.2. The van der Waals surface area contributed by atoms with E-state index in [-0.39, 0.29) is 17.8 Å². The first kappa shape index (κ1) is 23.1. The van der Waals surface area contributed by atoms with Crippen molar-refractivity contribution >= 4 is 39.4 Å². The summed E-state index contributed by atoms with van der Waals surface area (Å²) in [4.78, 5) is 32.5. The molecule has 34 heavy (non-hydrogen) atoms. The van der Waals surface area contributed by atoms with Gasteiger partial charge in [-0.05, 0) is 35.9 Å². The number of aromatic nitrogens is 1. The summed E-state index contributed by atoms with van der Waals surface area (Å²) in [5, 5.41) is 2.62. The summed E-state index contributed by atoms with van der Waals surface area (Å²) in [6, 6.07) is 13.4. The predicted molar refractivity (Wildman–Crippen MR) is 126 cm³/mol. The van der Waals surface area contributed by atoms with Crippen molar-refractivity contribution in [1.82, 2.24) is 9.88 Å². The zero-order valence-electron chi connectivity index (χ0n) is 18.5. The second kappa shape index (κ2) is 9.43. The van der Waals surface area contributed by atoms with Crippen LogP contribution in [0.2, 0.25) is 0 Å². The number of carbonyl (C=O) groups excluding carboxylic acids is 2. The van der Waals surface area contributed by atoms with Crippen LogP contribution in [0.1, 0.15) is 16.1 Å². The topological polar surface area (TPSA) is 134 Å². The second-order valence-corrected chi connectivity index (χ2v) is 9.37. The Morgan fingerprint density at radius 1 is 1.15 bits per heavy atom. The lowest BCUT2D eigenvalue weighted by Crippen LogP contribution is -2.31. The number of methoxy groups -OCH3 is 1. The van der Waals surface area contributed by atoms with Crippen LogP contribution in [0.5, 0.6) is 5.75 Å². The van der Waals surface area contributed by atoms with Crippen molar-refractivity contribution in [1.29, 1.82) is 0 Å². The molecule has 3 aromatic rings. The number of anilines is 3. The summed E-state index contributed by atoms with van der Waals surface area (Å²) < 4.78 is 35.8. The van der Waals surface area contributed by atoms with Gasteiger partial charge in [0, 0.05) is 25.3 Å². The Labute approximate surface area is 196 Å². The van der Waals surface area contributed by atoms with E-state index in [0.717, 1.165) is 17.6 Å². The minimum Gasteiger partial charge on any atom is -0.497 e. The maximum Gasteiger partial charge on any atom is 0.328 e. The average Bonchev–Trinajstić information content (AvgIpc) is 3.41. The number of rotatable bonds is 8. The van der Waals surface area contributed by atoms with Crippen LogP contribution in [-0.2, 0) is 16.6 Å². The van der Waals surface area contributed by atoms with Crippen LogP contribution in [-0.4, -0.2) is 56.7 Å². The van der Waals surface area contributed by atoms with Gasteiger partial charge in [0.1, 0.15) is 5.75 Å². The molecular formula is C22H23N5O6S. The van der Waals surface area contributed by atoms with Crippen molar-refractivity contribution in [2.45, 2.75) is 6.54 Å². The number of hydrogen-bond donors (Lipinski definition) is 2. The highest BCUT2D eigenvalue weighted by molar-refractivity contribution is 7.92. The molecular weight excluding hydrogens is 462 g/mol. The summed E-state index contributed by atoms with van der Waals surface area (Å²) >= 11 is 0. The van der Waals surface area contributed by atoms with Crippen LogP contribution in [0.3, 0.4) is 0 Å². The third kappa shape index (κ3) is 5.46. The second-order valence-electron chi connectivity index (χ2n) is 7.62. The van der Waals surface area contributed by atoms with Gasteiger partial charge < -0.3 is 19.4 Å². The predicted octanol–water partition coefficient (Wildman–Crippen LogP) is 2.75. The number of ether oxygens (including phenoxy) is 1. The number of hydrogen-bond acceptors (Lipinski definition) is 7. The molecule has 1 fully saturated rings. The lowest BCUT2D eigenvalue weighted by atomic mass is 10.2. The smallest absolute Gasteiger partial charge is 0.328 e. The molecule has 1 aromatic heterocycles. The van der Waals surface area contributed by atoms with Gasteiger partial charge in [0.2, 0.25) is 15.8 Å². The Bertz CT molecular complexity index is 1310. The van der Waals surface area contributed by atoms with Gasteiger partial charge >= 0.3 is 12.0 Å². The molecule has 1 saturated heterocycles. The Morgan fingerprint density at radius 3 is 2.59 bits per heavy atom. The summed E-state index contributed by atoms with van der Waals surface area (Å²) in [6.07, 6.45) is 2.27. The minimum absolute atomic E-state index is 0.0277. The molecule has 12 heteroatoms. The summed E-state index contributed by atoms with van der Waals surface area (Å²) in [5.74, 6) is 0.0666. The number of amides is 3. The third-order valence-electron chi connectivity index (χ3n) is 5.00. The van der Waals surface area contributed by atoms with E-state index < -0.39 is 15.9 Å². The molecule has 3 amide bonds. The van der Waals surface area contributed by atoms with E-state index >= 15 is 0 Å². The van der Waals surface area contributed by atoms with Crippen molar-refractivity contribution in [2.75, 3.05) is 41.4 Å². The molecule has 0 unspecified atom stereocenters.